The second-order valence-corrected chi connectivity index (χ2v) is 2.95. The van der Waals surface area contributed by atoms with Crippen molar-refractivity contribution in [3.8, 4) is 0 Å². The molecule has 0 radical (unpaired) electrons. The molecule has 0 aromatic carbocycles. The van der Waals surface area contributed by atoms with E-state index in [-0.39, 0.29) is 23.4 Å². The lowest BCUT2D eigenvalue weighted by Gasteiger charge is -2.15. The Morgan fingerprint density at radius 1 is 1.10 bits per heavy atom. The number of hydrogen-bond acceptors (Lipinski definition) is 2. The summed E-state index contributed by atoms with van der Waals surface area (Å²) in [5, 5.41) is 0. The van der Waals surface area contributed by atoms with Crippen LogP contribution in [-0.2, 0) is 9.59 Å². The molecule has 0 aliphatic heterocycles. The summed E-state index contributed by atoms with van der Waals surface area (Å²) in [6.07, 6.45) is 4.65. The van der Waals surface area contributed by atoms with Crippen molar-refractivity contribution in [2.45, 2.75) is 12.8 Å². The topological polar surface area (TPSA) is 34.1 Å². The molecule has 0 saturated heterocycles. The van der Waals surface area contributed by atoms with Gasteiger partial charge in [0.15, 0.2) is 0 Å². The zero-order valence-electron chi connectivity index (χ0n) is 5.54. The van der Waals surface area contributed by atoms with Gasteiger partial charge in [0.2, 0.25) is 0 Å². The number of carbonyl (C=O) groups excluding carboxylic acids is 2. The summed E-state index contributed by atoms with van der Waals surface area (Å²) >= 11 is 0. The van der Waals surface area contributed by atoms with E-state index in [1.165, 1.54) is 0 Å². The van der Waals surface area contributed by atoms with E-state index >= 15 is 0 Å². The smallest absolute Gasteiger partial charge is 0.147 e. The van der Waals surface area contributed by atoms with Gasteiger partial charge in [-0.3, -0.25) is 9.59 Å². The van der Waals surface area contributed by atoms with E-state index in [2.05, 4.69) is 0 Å². The zero-order valence-corrected chi connectivity index (χ0v) is 5.54. The Hall–Kier alpha value is -0.920. The van der Waals surface area contributed by atoms with Crippen LogP contribution < -0.4 is 0 Å². The van der Waals surface area contributed by atoms with E-state index in [4.69, 9.17) is 0 Å². The number of carbonyl (C=O) groups is 2. The molecule has 2 atom stereocenters. The Kier molecular flexibility index (Phi) is 1.04. The van der Waals surface area contributed by atoms with Crippen molar-refractivity contribution in [1.29, 1.82) is 0 Å². The Labute approximate surface area is 58.9 Å². The minimum absolute atomic E-state index is 0.0637. The molecule has 0 N–H and O–H groups in total. The fourth-order valence-electron chi connectivity index (χ4n) is 1.64. The highest BCUT2D eigenvalue weighted by molar-refractivity contribution is 6.00. The van der Waals surface area contributed by atoms with Gasteiger partial charge < -0.3 is 0 Å². The van der Waals surface area contributed by atoms with Crippen LogP contribution in [0, 0.1) is 11.8 Å². The van der Waals surface area contributed by atoms with Crippen molar-refractivity contribution in [1.82, 2.24) is 0 Å². The highest BCUT2D eigenvalue weighted by Crippen LogP contribution is 2.30. The van der Waals surface area contributed by atoms with Crippen molar-refractivity contribution in [3.63, 3.8) is 0 Å². The molecule has 0 amide bonds. The molecular weight excluding hydrogens is 128 g/mol. The van der Waals surface area contributed by atoms with Crippen LogP contribution in [0.4, 0.5) is 0 Å². The largest absolute Gasteiger partial charge is 0.300 e. The minimum atomic E-state index is -0.0637. The third-order valence-corrected chi connectivity index (χ3v) is 2.20. The summed E-state index contributed by atoms with van der Waals surface area (Å²) in [4.78, 5) is 22.0. The van der Waals surface area contributed by atoms with Crippen molar-refractivity contribution in [3.05, 3.63) is 12.2 Å². The van der Waals surface area contributed by atoms with E-state index in [1.807, 2.05) is 12.2 Å². The van der Waals surface area contributed by atoms with Gasteiger partial charge in [0, 0.05) is 24.7 Å². The lowest BCUT2D eigenvalue weighted by atomic mass is 9.86. The molecule has 1 saturated carbocycles. The highest BCUT2D eigenvalue weighted by Gasteiger charge is 2.36. The molecule has 2 unspecified atom stereocenters. The van der Waals surface area contributed by atoms with Gasteiger partial charge in [0.1, 0.15) is 11.6 Å². The summed E-state index contributed by atoms with van der Waals surface area (Å²) < 4.78 is 0. The fraction of sp³-hybridized carbons (Fsp3) is 0.500. The monoisotopic (exact) mass is 136 g/mol. The molecule has 0 aromatic heterocycles. The lowest BCUT2D eigenvalue weighted by Crippen LogP contribution is -2.26. The summed E-state index contributed by atoms with van der Waals surface area (Å²) in [7, 11) is 0. The van der Waals surface area contributed by atoms with Gasteiger partial charge in [-0.15, -0.1) is 0 Å². The van der Waals surface area contributed by atoms with Crippen molar-refractivity contribution in [2.24, 2.45) is 11.8 Å². The maximum atomic E-state index is 11.1. The molecule has 10 heavy (non-hydrogen) atoms. The number of allylic oxidation sites excluding steroid dienone is 2. The first-order valence-electron chi connectivity index (χ1n) is 3.51. The van der Waals surface area contributed by atoms with Crippen LogP contribution in [0.15, 0.2) is 12.2 Å². The summed E-state index contributed by atoms with van der Waals surface area (Å²) in [5.74, 6) is 0.358. The Morgan fingerprint density at radius 2 is 1.60 bits per heavy atom. The van der Waals surface area contributed by atoms with E-state index in [1.54, 1.807) is 0 Å². The average molecular weight is 136 g/mol. The average Bonchev–Trinajstić information content (AvgIpc) is 2.20. The van der Waals surface area contributed by atoms with Crippen molar-refractivity contribution in [2.75, 3.05) is 0 Å². The van der Waals surface area contributed by atoms with Gasteiger partial charge in [-0.1, -0.05) is 12.2 Å². The molecule has 2 aliphatic rings. The number of rotatable bonds is 0. The zero-order chi connectivity index (χ0) is 7.14. The molecule has 2 heteroatoms. The van der Waals surface area contributed by atoms with Gasteiger partial charge in [0.25, 0.3) is 0 Å². The van der Waals surface area contributed by atoms with Crippen molar-refractivity contribution >= 4 is 11.6 Å². The molecule has 2 rings (SSSR count). The molecular formula is C8H8O2. The van der Waals surface area contributed by atoms with E-state index < -0.39 is 0 Å². The van der Waals surface area contributed by atoms with E-state index in [0.717, 1.165) is 0 Å². The molecule has 2 nitrogen and oxygen atoms in total. The standard InChI is InChI=1S/C8H8O2/c9-7-3-5-1-2-6(4-7)8(5)10/h1-2,5-6H,3-4H2. The van der Waals surface area contributed by atoms with Gasteiger partial charge >= 0.3 is 0 Å². The van der Waals surface area contributed by atoms with Crippen LogP contribution in [0.25, 0.3) is 0 Å². The van der Waals surface area contributed by atoms with Crippen LogP contribution in [0.5, 0.6) is 0 Å². The first kappa shape index (κ1) is 5.83. The van der Waals surface area contributed by atoms with Crippen LogP contribution in [0.2, 0.25) is 0 Å². The van der Waals surface area contributed by atoms with Crippen LogP contribution in [0.1, 0.15) is 12.8 Å². The quantitative estimate of drug-likeness (QED) is 0.460. The maximum Gasteiger partial charge on any atom is 0.147 e. The van der Waals surface area contributed by atoms with E-state index in [0.29, 0.717) is 12.8 Å². The maximum absolute atomic E-state index is 11.1. The molecule has 1 fully saturated rings. The predicted molar refractivity (Wildman–Crippen MR) is 35.4 cm³/mol. The van der Waals surface area contributed by atoms with Gasteiger partial charge in [-0.05, 0) is 0 Å². The fourth-order valence-corrected chi connectivity index (χ4v) is 1.64. The van der Waals surface area contributed by atoms with Gasteiger partial charge in [0.05, 0.1) is 0 Å². The van der Waals surface area contributed by atoms with Crippen LogP contribution >= 0.6 is 0 Å². The van der Waals surface area contributed by atoms with Crippen LogP contribution in [-0.4, -0.2) is 11.6 Å². The Bertz CT molecular complexity index is 207. The lowest BCUT2D eigenvalue weighted by molar-refractivity contribution is -0.133. The highest BCUT2D eigenvalue weighted by atomic mass is 16.1. The number of fused-ring (bicyclic) bond motifs is 2. The third-order valence-electron chi connectivity index (χ3n) is 2.20. The second kappa shape index (κ2) is 1.78. The van der Waals surface area contributed by atoms with Gasteiger partial charge in [-0.25, -0.2) is 0 Å². The molecule has 52 valence electrons. The predicted octanol–water partition coefficient (Wildman–Crippen LogP) is 0.721. The van der Waals surface area contributed by atoms with E-state index in [9.17, 15) is 9.59 Å². The normalized spacial score (nSPS) is 37.2. The number of hydrogen-bond donors (Lipinski definition) is 0. The van der Waals surface area contributed by atoms with Gasteiger partial charge in [-0.2, -0.15) is 0 Å². The summed E-state index contributed by atoms with van der Waals surface area (Å²) in [6.45, 7) is 0. The number of ketones is 2. The molecule has 2 bridgehead atoms. The first-order valence-corrected chi connectivity index (χ1v) is 3.51. The summed E-state index contributed by atoms with van der Waals surface area (Å²) in [5.41, 5.74) is 0. The summed E-state index contributed by atoms with van der Waals surface area (Å²) in [6, 6.07) is 0. The first-order chi connectivity index (χ1) is 4.77. The SMILES string of the molecule is O=C1CC2C=CC(C1)C2=O. The minimum Gasteiger partial charge on any atom is -0.300 e. The Morgan fingerprint density at radius 3 is 2.10 bits per heavy atom. The number of Topliss-reactive ketones (excluding diaryl/α,β-unsaturated/α-hetero) is 2. The van der Waals surface area contributed by atoms with Crippen LogP contribution in [0.3, 0.4) is 0 Å². The molecule has 0 aromatic rings. The molecule has 0 heterocycles. The Balaban J connectivity index is 2.30. The molecule has 0 spiro atoms. The molecule has 2 aliphatic carbocycles. The third kappa shape index (κ3) is 0.649. The van der Waals surface area contributed by atoms with Crippen molar-refractivity contribution < 1.29 is 9.59 Å². The second-order valence-electron chi connectivity index (χ2n) is 2.95.